The van der Waals surface area contributed by atoms with Crippen LogP contribution in [0.3, 0.4) is 0 Å². The zero-order valence-electron chi connectivity index (χ0n) is 15.0. The fourth-order valence-electron chi connectivity index (χ4n) is 3.11. The van der Waals surface area contributed by atoms with Gasteiger partial charge < -0.3 is 10.2 Å². The van der Waals surface area contributed by atoms with Gasteiger partial charge in [0, 0.05) is 31.1 Å². The highest BCUT2D eigenvalue weighted by molar-refractivity contribution is 5.90. The number of hydrogen-bond acceptors (Lipinski definition) is 4. The van der Waals surface area contributed by atoms with Crippen molar-refractivity contribution in [2.45, 2.75) is 70.8 Å². The van der Waals surface area contributed by atoms with E-state index in [1.807, 2.05) is 12.2 Å². The van der Waals surface area contributed by atoms with E-state index in [0.29, 0.717) is 25.7 Å². The molecule has 1 saturated carbocycles. The molecule has 140 valence electrons. The van der Waals surface area contributed by atoms with E-state index in [9.17, 15) is 19.5 Å². The first kappa shape index (κ1) is 21.3. The molecule has 0 aromatic heterocycles. The molecule has 0 radical (unpaired) electrons. The van der Waals surface area contributed by atoms with Crippen molar-refractivity contribution >= 4 is 17.5 Å². The molecule has 1 aliphatic rings. The smallest absolute Gasteiger partial charge is 0.303 e. The maximum atomic E-state index is 12.1. The van der Waals surface area contributed by atoms with E-state index in [2.05, 4.69) is 6.92 Å². The fraction of sp³-hybridized carbons (Fsp3) is 0.650. The van der Waals surface area contributed by atoms with Crippen LogP contribution in [0.5, 0.6) is 0 Å². The standard InChI is InChI=1S/C20H30O5/c1-2-3-6-9-15(21)12-13-17-16(18(22)14-19(17)23)10-7-4-5-8-11-20(24)25/h4,7,12-13,16-17,19,23H,2-3,5-6,8-11,14H2,1H3,(H,24,25)/b7-4+,13-12-/t16-,17-,19-/m1/s1. The number of Topliss-reactive ketones (excluding diaryl/α,β-unsaturated/α-hetero) is 1. The molecule has 0 bridgehead atoms. The molecule has 1 fully saturated rings. The highest BCUT2D eigenvalue weighted by Crippen LogP contribution is 2.33. The van der Waals surface area contributed by atoms with Crippen molar-refractivity contribution < 1.29 is 24.6 Å². The van der Waals surface area contributed by atoms with E-state index >= 15 is 0 Å². The van der Waals surface area contributed by atoms with Crippen molar-refractivity contribution in [1.82, 2.24) is 0 Å². The Labute approximate surface area is 149 Å². The van der Waals surface area contributed by atoms with Gasteiger partial charge in [0.25, 0.3) is 0 Å². The summed E-state index contributed by atoms with van der Waals surface area (Å²) in [6.07, 6.45) is 11.8. The molecule has 0 aliphatic heterocycles. The minimum atomic E-state index is -0.809. The lowest BCUT2D eigenvalue weighted by molar-refractivity contribution is -0.137. The zero-order chi connectivity index (χ0) is 18.7. The normalized spacial score (nSPS) is 23.8. The van der Waals surface area contributed by atoms with Crippen LogP contribution in [-0.4, -0.2) is 33.9 Å². The van der Waals surface area contributed by atoms with Crippen LogP contribution in [0.1, 0.15) is 64.7 Å². The second kappa shape index (κ2) is 11.7. The van der Waals surface area contributed by atoms with Crippen LogP contribution in [0.2, 0.25) is 0 Å². The maximum absolute atomic E-state index is 12.1. The summed E-state index contributed by atoms with van der Waals surface area (Å²) >= 11 is 0. The summed E-state index contributed by atoms with van der Waals surface area (Å²) in [6, 6.07) is 0. The molecular formula is C20H30O5. The lowest BCUT2D eigenvalue weighted by atomic mass is 9.90. The van der Waals surface area contributed by atoms with Gasteiger partial charge in [0.1, 0.15) is 5.78 Å². The van der Waals surface area contributed by atoms with Gasteiger partial charge in [-0.15, -0.1) is 0 Å². The molecule has 0 unspecified atom stereocenters. The van der Waals surface area contributed by atoms with E-state index in [1.165, 1.54) is 6.08 Å². The minimum Gasteiger partial charge on any atom is -0.481 e. The average Bonchev–Trinajstić information content (AvgIpc) is 2.82. The third-order valence-electron chi connectivity index (χ3n) is 4.58. The number of carbonyl (C=O) groups excluding carboxylic acids is 2. The first-order chi connectivity index (χ1) is 12.0. The van der Waals surface area contributed by atoms with Crippen molar-refractivity contribution in [3.05, 3.63) is 24.3 Å². The van der Waals surface area contributed by atoms with Gasteiger partial charge in [-0.05, 0) is 31.8 Å². The summed E-state index contributed by atoms with van der Waals surface area (Å²) in [4.78, 5) is 34.4. The average molecular weight is 350 g/mol. The minimum absolute atomic E-state index is 0.0239. The molecule has 0 spiro atoms. The van der Waals surface area contributed by atoms with Gasteiger partial charge in [-0.2, -0.15) is 0 Å². The number of ketones is 2. The summed E-state index contributed by atoms with van der Waals surface area (Å²) in [6.45, 7) is 2.08. The van der Waals surface area contributed by atoms with Crippen LogP contribution in [0.25, 0.3) is 0 Å². The highest BCUT2D eigenvalue weighted by atomic mass is 16.4. The van der Waals surface area contributed by atoms with Crippen molar-refractivity contribution in [2.75, 3.05) is 0 Å². The fourth-order valence-corrected chi connectivity index (χ4v) is 3.11. The Hall–Kier alpha value is -1.75. The molecule has 0 heterocycles. The Kier molecular flexibility index (Phi) is 10.0. The third kappa shape index (κ3) is 8.25. The monoisotopic (exact) mass is 350 g/mol. The van der Waals surface area contributed by atoms with Gasteiger partial charge >= 0.3 is 5.97 Å². The molecule has 1 aliphatic carbocycles. The zero-order valence-corrected chi connectivity index (χ0v) is 15.0. The van der Waals surface area contributed by atoms with Crippen LogP contribution in [0.4, 0.5) is 0 Å². The van der Waals surface area contributed by atoms with Gasteiger partial charge in [0.05, 0.1) is 6.10 Å². The molecular weight excluding hydrogens is 320 g/mol. The van der Waals surface area contributed by atoms with Crippen molar-refractivity contribution in [3.8, 4) is 0 Å². The SMILES string of the molecule is CCCCCC(=O)/C=C\[C@H]1[C@H](O)CC(=O)[C@@H]1C/C=C/CCCC(=O)O. The Morgan fingerprint density at radius 3 is 2.60 bits per heavy atom. The van der Waals surface area contributed by atoms with E-state index in [4.69, 9.17) is 5.11 Å². The van der Waals surface area contributed by atoms with Crippen LogP contribution in [-0.2, 0) is 14.4 Å². The number of carbonyl (C=O) groups is 3. The largest absolute Gasteiger partial charge is 0.481 e. The molecule has 25 heavy (non-hydrogen) atoms. The quantitative estimate of drug-likeness (QED) is 0.319. The number of carboxylic acid groups (broad SMARTS) is 1. The number of aliphatic hydroxyl groups is 1. The summed E-state index contributed by atoms with van der Waals surface area (Å²) in [5.74, 6) is -1.35. The predicted molar refractivity (Wildman–Crippen MR) is 96.1 cm³/mol. The van der Waals surface area contributed by atoms with Gasteiger partial charge in [-0.3, -0.25) is 14.4 Å². The van der Waals surface area contributed by atoms with Gasteiger partial charge in [0.2, 0.25) is 0 Å². The summed E-state index contributed by atoms with van der Waals surface area (Å²) in [5, 5.41) is 18.7. The number of aliphatic hydroxyl groups excluding tert-OH is 1. The molecule has 0 aromatic rings. The number of unbranched alkanes of at least 4 members (excludes halogenated alkanes) is 3. The molecule has 5 nitrogen and oxygen atoms in total. The lowest BCUT2D eigenvalue weighted by Crippen LogP contribution is -2.18. The molecule has 5 heteroatoms. The lowest BCUT2D eigenvalue weighted by Gasteiger charge is -2.15. The van der Waals surface area contributed by atoms with E-state index in [0.717, 1.165) is 19.3 Å². The second-order valence-corrected chi connectivity index (χ2v) is 6.70. The Bertz CT molecular complexity index is 506. The Morgan fingerprint density at radius 1 is 1.16 bits per heavy atom. The number of rotatable bonds is 12. The predicted octanol–water partition coefficient (Wildman–Crippen LogP) is 3.46. The van der Waals surface area contributed by atoms with Gasteiger partial charge in [-0.1, -0.05) is 38.0 Å². The van der Waals surface area contributed by atoms with Crippen LogP contribution >= 0.6 is 0 Å². The van der Waals surface area contributed by atoms with Crippen LogP contribution in [0, 0.1) is 11.8 Å². The van der Waals surface area contributed by atoms with E-state index in [-0.39, 0.29) is 36.2 Å². The topological polar surface area (TPSA) is 91.7 Å². The molecule has 0 saturated heterocycles. The van der Waals surface area contributed by atoms with Gasteiger partial charge in [-0.25, -0.2) is 0 Å². The number of allylic oxidation sites excluding steroid dienone is 3. The third-order valence-corrected chi connectivity index (χ3v) is 4.58. The molecule has 1 rings (SSSR count). The summed E-state index contributed by atoms with van der Waals surface area (Å²) < 4.78 is 0. The van der Waals surface area contributed by atoms with E-state index < -0.39 is 12.1 Å². The van der Waals surface area contributed by atoms with E-state index in [1.54, 1.807) is 6.08 Å². The number of hydrogen-bond donors (Lipinski definition) is 2. The van der Waals surface area contributed by atoms with Crippen LogP contribution < -0.4 is 0 Å². The Balaban J connectivity index is 2.49. The molecule has 2 N–H and O–H groups in total. The molecule has 0 aromatic carbocycles. The molecule has 0 amide bonds. The number of aliphatic carboxylic acids is 1. The first-order valence-corrected chi connectivity index (χ1v) is 9.24. The van der Waals surface area contributed by atoms with Crippen molar-refractivity contribution in [3.63, 3.8) is 0 Å². The molecule has 3 atom stereocenters. The second-order valence-electron chi connectivity index (χ2n) is 6.70. The number of carboxylic acids is 1. The highest BCUT2D eigenvalue weighted by Gasteiger charge is 2.39. The summed E-state index contributed by atoms with van der Waals surface area (Å²) in [7, 11) is 0. The first-order valence-electron chi connectivity index (χ1n) is 9.24. The van der Waals surface area contributed by atoms with Crippen LogP contribution in [0.15, 0.2) is 24.3 Å². The van der Waals surface area contributed by atoms with Crippen molar-refractivity contribution in [2.24, 2.45) is 11.8 Å². The Morgan fingerprint density at radius 2 is 1.92 bits per heavy atom. The maximum Gasteiger partial charge on any atom is 0.303 e. The van der Waals surface area contributed by atoms with Gasteiger partial charge in [0.15, 0.2) is 5.78 Å². The summed E-state index contributed by atoms with van der Waals surface area (Å²) in [5.41, 5.74) is 0. The van der Waals surface area contributed by atoms with Crippen molar-refractivity contribution in [1.29, 1.82) is 0 Å².